The third-order valence-electron chi connectivity index (χ3n) is 4.53. The summed E-state index contributed by atoms with van der Waals surface area (Å²) in [5.41, 5.74) is 11.6. The van der Waals surface area contributed by atoms with Crippen molar-refractivity contribution >= 4 is 12.4 Å². The largest absolute Gasteiger partial charge is 0.329 e. The maximum absolute atomic E-state index is 5.91. The Morgan fingerprint density at radius 2 is 1.26 bits per heavy atom. The number of nitrogens with two attached hydrogens (primary N) is 1. The van der Waals surface area contributed by atoms with Crippen LogP contribution in [0.3, 0.4) is 0 Å². The molecule has 0 spiro atoms. The molecule has 0 amide bonds. The molecular formula is C23H22ClN3. The molecule has 27 heavy (non-hydrogen) atoms. The Kier molecular flexibility index (Phi) is 6.07. The van der Waals surface area contributed by atoms with E-state index in [-0.39, 0.29) is 12.4 Å². The van der Waals surface area contributed by atoms with Crippen LogP contribution < -0.4 is 5.73 Å². The summed E-state index contributed by atoms with van der Waals surface area (Å²) in [4.78, 5) is 4.74. The topological polar surface area (TPSA) is 43.8 Å². The first-order valence-electron chi connectivity index (χ1n) is 8.79. The molecule has 0 bridgehead atoms. The third-order valence-corrected chi connectivity index (χ3v) is 4.53. The van der Waals surface area contributed by atoms with E-state index in [1.165, 1.54) is 16.7 Å². The lowest BCUT2D eigenvalue weighted by atomic mass is 10.0. The van der Waals surface area contributed by atoms with Gasteiger partial charge in [0.05, 0.1) is 12.2 Å². The Hall–Kier alpha value is -2.88. The summed E-state index contributed by atoms with van der Waals surface area (Å²) >= 11 is 0. The molecule has 2 N–H and O–H groups in total. The van der Waals surface area contributed by atoms with Crippen LogP contribution in [0.15, 0.2) is 91.1 Å². The molecule has 0 fully saturated rings. The average molecular weight is 376 g/mol. The quantitative estimate of drug-likeness (QED) is 0.524. The van der Waals surface area contributed by atoms with Crippen molar-refractivity contribution in [2.75, 3.05) is 0 Å². The van der Waals surface area contributed by atoms with Gasteiger partial charge >= 0.3 is 0 Å². The number of imidazole rings is 1. The monoisotopic (exact) mass is 375 g/mol. The molecule has 1 aromatic heterocycles. The second-order valence-electron chi connectivity index (χ2n) is 6.30. The van der Waals surface area contributed by atoms with Gasteiger partial charge in [0.1, 0.15) is 5.82 Å². The average Bonchev–Trinajstić information content (AvgIpc) is 3.12. The van der Waals surface area contributed by atoms with Crippen molar-refractivity contribution in [3.05, 3.63) is 103 Å². The standard InChI is InChI=1S/C23H21N3.ClH/c24-15-23-25-22(17-26(23)16-18-7-3-1-4-8-18)21-13-11-20(12-14-21)19-9-5-2-6-10-19;/h1-14,17H,15-16,24H2;1H. The highest BCUT2D eigenvalue weighted by molar-refractivity contribution is 5.85. The molecule has 4 aromatic rings. The molecule has 3 aromatic carbocycles. The molecule has 0 aliphatic heterocycles. The number of aromatic nitrogens is 2. The molecule has 136 valence electrons. The molecule has 4 rings (SSSR count). The molecule has 0 saturated heterocycles. The first-order chi connectivity index (χ1) is 12.8. The van der Waals surface area contributed by atoms with Gasteiger partial charge in [-0.05, 0) is 16.7 Å². The van der Waals surface area contributed by atoms with E-state index in [9.17, 15) is 0 Å². The van der Waals surface area contributed by atoms with Crippen molar-refractivity contribution in [3.8, 4) is 22.4 Å². The van der Waals surface area contributed by atoms with Gasteiger partial charge in [0.25, 0.3) is 0 Å². The lowest BCUT2D eigenvalue weighted by molar-refractivity contribution is 0.724. The normalized spacial score (nSPS) is 10.4. The molecule has 0 aliphatic carbocycles. The maximum Gasteiger partial charge on any atom is 0.123 e. The summed E-state index contributed by atoms with van der Waals surface area (Å²) in [7, 11) is 0. The van der Waals surface area contributed by atoms with Crippen molar-refractivity contribution in [1.29, 1.82) is 0 Å². The van der Waals surface area contributed by atoms with Crippen LogP contribution in [0.1, 0.15) is 11.4 Å². The van der Waals surface area contributed by atoms with Gasteiger partial charge in [-0.3, -0.25) is 0 Å². The number of hydrogen-bond donors (Lipinski definition) is 1. The fourth-order valence-corrected chi connectivity index (χ4v) is 3.14. The Morgan fingerprint density at radius 3 is 1.89 bits per heavy atom. The molecule has 0 unspecified atom stereocenters. The zero-order valence-corrected chi connectivity index (χ0v) is 15.8. The minimum absolute atomic E-state index is 0. The molecule has 0 atom stereocenters. The van der Waals surface area contributed by atoms with Gasteiger partial charge in [-0.15, -0.1) is 12.4 Å². The number of nitrogens with zero attached hydrogens (tertiary/aromatic N) is 2. The molecule has 0 radical (unpaired) electrons. The van der Waals surface area contributed by atoms with Crippen LogP contribution in [0.25, 0.3) is 22.4 Å². The van der Waals surface area contributed by atoms with E-state index >= 15 is 0 Å². The van der Waals surface area contributed by atoms with Crippen LogP contribution in [0, 0.1) is 0 Å². The van der Waals surface area contributed by atoms with Crippen LogP contribution in [0.4, 0.5) is 0 Å². The van der Waals surface area contributed by atoms with E-state index in [4.69, 9.17) is 10.7 Å². The second kappa shape index (κ2) is 8.67. The second-order valence-corrected chi connectivity index (χ2v) is 6.30. The van der Waals surface area contributed by atoms with Gasteiger partial charge in [-0.25, -0.2) is 4.98 Å². The highest BCUT2D eigenvalue weighted by Gasteiger charge is 2.09. The predicted molar refractivity (Wildman–Crippen MR) is 114 cm³/mol. The van der Waals surface area contributed by atoms with Crippen molar-refractivity contribution in [2.45, 2.75) is 13.1 Å². The number of rotatable bonds is 5. The summed E-state index contributed by atoms with van der Waals surface area (Å²) < 4.78 is 2.13. The van der Waals surface area contributed by atoms with Crippen LogP contribution in [-0.2, 0) is 13.1 Å². The lowest BCUT2D eigenvalue weighted by Crippen LogP contribution is -2.08. The lowest BCUT2D eigenvalue weighted by Gasteiger charge is -2.05. The summed E-state index contributed by atoms with van der Waals surface area (Å²) in [5, 5.41) is 0. The van der Waals surface area contributed by atoms with Gasteiger partial charge < -0.3 is 10.3 Å². The van der Waals surface area contributed by atoms with Crippen LogP contribution in [0.5, 0.6) is 0 Å². The van der Waals surface area contributed by atoms with E-state index in [1.54, 1.807) is 0 Å². The fourth-order valence-electron chi connectivity index (χ4n) is 3.14. The van der Waals surface area contributed by atoms with Gasteiger partial charge in [0.2, 0.25) is 0 Å². The molecule has 4 heteroatoms. The summed E-state index contributed by atoms with van der Waals surface area (Å²) in [5.74, 6) is 0.899. The molecular weight excluding hydrogens is 354 g/mol. The molecule has 3 nitrogen and oxygen atoms in total. The van der Waals surface area contributed by atoms with Crippen molar-refractivity contribution in [2.24, 2.45) is 5.73 Å². The van der Waals surface area contributed by atoms with E-state index in [0.717, 1.165) is 23.6 Å². The molecule has 0 saturated carbocycles. The van der Waals surface area contributed by atoms with Crippen molar-refractivity contribution in [3.63, 3.8) is 0 Å². The van der Waals surface area contributed by atoms with Gasteiger partial charge in [-0.1, -0.05) is 84.9 Å². The van der Waals surface area contributed by atoms with Crippen molar-refractivity contribution in [1.82, 2.24) is 9.55 Å². The third kappa shape index (κ3) is 4.27. The predicted octanol–water partition coefficient (Wildman–Crippen LogP) is 5.15. The Balaban J connectivity index is 0.00000210. The number of hydrogen-bond acceptors (Lipinski definition) is 2. The van der Waals surface area contributed by atoms with Crippen LogP contribution in [0.2, 0.25) is 0 Å². The fraction of sp³-hybridized carbons (Fsp3) is 0.0870. The van der Waals surface area contributed by atoms with E-state index in [1.807, 2.05) is 12.1 Å². The highest BCUT2D eigenvalue weighted by atomic mass is 35.5. The smallest absolute Gasteiger partial charge is 0.123 e. The zero-order valence-electron chi connectivity index (χ0n) is 15.0. The van der Waals surface area contributed by atoms with Gasteiger partial charge in [0.15, 0.2) is 0 Å². The molecule has 1 heterocycles. The highest BCUT2D eigenvalue weighted by Crippen LogP contribution is 2.24. The maximum atomic E-state index is 5.91. The van der Waals surface area contributed by atoms with E-state index < -0.39 is 0 Å². The molecule has 0 aliphatic rings. The zero-order chi connectivity index (χ0) is 17.8. The first-order valence-corrected chi connectivity index (χ1v) is 8.79. The van der Waals surface area contributed by atoms with E-state index in [0.29, 0.717) is 6.54 Å². The summed E-state index contributed by atoms with van der Waals surface area (Å²) in [6.07, 6.45) is 2.09. The summed E-state index contributed by atoms with van der Waals surface area (Å²) in [6, 6.07) is 29.3. The minimum Gasteiger partial charge on any atom is -0.329 e. The Labute approximate surface area is 165 Å². The number of benzene rings is 3. The Bertz CT molecular complexity index is 977. The summed E-state index contributed by atoms with van der Waals surface area (Å²) in [6.45, 7) is 1.21. The van der Waals surface area contributed by atoms with Crippen LogP contribution in [-0.4, -0.2) is 9.55 Å². The van der Waals surface area contributed by atoms with Gasteiger partial charge in [-0.2, -0.15) is 0 Å². The van der Waals surface area contributed by atoms with Crippen molar-refractivity contribution < 1.29 is 0 Å². The van der Waals surface area contributed by atoms with E-state index in [2.05, 4.69) is 83.6 Å². The van der Waals surface area contributed by atoms with Gasteiger partial charge in [0, 0.05) is 18.3 Å². The number of halogens is 1. The first kappa shape index (κ1) is 18.9. The Morgan fingerprint density at radius 1 is 0.704 bits per heavy atom. The SMILES string of the molecule is Cl.NCc1nc(-c2ccc(-c3ccccc3)cc2)cn1Cc1ccccc1. The van der Waals surface area contributed by atoms with Crippen LogP contribution >= 0.6 is 12.4 Å². The minimum atomic E-state index is 0.